The second kappa shape index (κ2) is 4.47. The van der Waals surface area contributed by atoms with Crippen LogP contribution in [-0.2, 0) is 0 Å². The van der Waals surface area contributed by atoms with Crippen molar-refractivity contribution in [3.63, 3.8) is 0 Å². The molecule has 2 aromatic heterocycles. The molecule has 0 saturated heterocycles. The van der Waals surface area contributed by atoms with Gasteiger partial charge in [-0.2, -0.15) is 0 Å². The fraction of sp³-hybridized carbons (Fsp3) is 0. The summed E-state index contributed by atoms with van der Waals surface area (Å²) in [5.74, 6) is -0.515. The van der Waals surface area contributed by atoms with Crippen LogP contribution in [0.5, 0.6) is 0 Å². The summed E-state index contributed by atoms with van der Waals surface area (Å²) in [5.41, 5.74) is 1.43. The minimum atomic E-state index is -1.02. The van der Waals surface area contributed by atoms with Crippen molar-refractivity contribution < 1.29 is 9.90 Å². The third kappa shape index (κ3) is 1.90. The van der Waals surface area contributed by atoms with Gasteiger partial charge in [0, 0.05) is 10.0 Å². The molecule has 0 atom stereocenters. The summed E-state index contributed by atoms with van der Waals surface area (Å²) < 4.78 is 2.37. The minimum absolute atomic E-state index is 0.133. The van der Waals surface area contributed by atoms with E-state index < -0.39 is 5.97 Å². The molecule has 0 aliphatic carbocycles. The third-order valence-corrected chi connectivity index (χ3v) is 3.45. The van der Waals surface area contributed by atoms with Crippen LogP contribution in [-0.4, -0.2) is 25.7 Å². The third-order valence-electron chi connectivity index (χ3n) is 2.76. The van der Waals surface area contributed by atoms with Gasteiger partial charge >= 0.3 is 5.97 Å². The highest BCUT2D eigenvalue weighted by Crippen LogP contribution is 2.27. The fourth-order valence-corrected chi connectivity index (χ4v) is 2.39. The highest BCUT2D eigenvalue weighted by atomic mass is 79.9. The number of aromatic carboxylic acids is 1. The standard InChI is InChI=1S/C13H8BrN3O2/c14-9-5-2-1-4-8(9)12-16-15-11-7-3-6-10(13(18)19)17(11)12/h1-7H,(H,18,19). The second-order valence-electron chi connectivity index (χ2n) is 3.91. The molecule has 0 spiro atoms. The van der Waals surface area contributed by atoms with Gasteiger partial charge in [-0.25, -0.2) is 4.79 Å². The summed E-state index contributed by atoms with van der Waals surface area (Å²) >= 11 is 3.44. The quantitative estimate of drug-likeness (QED) is 0.789. The molecule has 1 aromatic carbocycles. The zero-order valence-corrected chi connectivity index (χ0v) is 11.2. The lowest BCUT2D eigenvalue weighted by Gasteiger charge is -2.05. The van der Waals surface area contributed by atoms with Crippen molar-refractivity contribution in [3.05, 3.63) is 52.6 Å². The van der Waals surface area contributed by atoms with Crippen LogP contribution in [0.3, 0.4) is 0 Å². The first-order chi connectivity index (χ1) is 9.18. The Balaban J connectivity index is 2.37. The van der Waals surface area contributed by atoms with Gasteiger partial charge in [0.1, 0.15) is 5.69 Å². The molecule has 3 aromatic rings. The number of halogens is 1. The average Bonchev–Trinajstić information content (AvgIpc) is 2.82. The number of fused-ring (bicyclic) bond motifs is 1. The number of nitrogens with zero attached hydrogens (tertiary/aromatic N) is 3. The zero-order valence-electron chi connectivity index (χ0n) is 9.62. The van der Waals surface area contributed by atoms with Crippen LogP contribution >= 0.6 is 15.9 Å². The highest BCUT2D eigenvalue weighted by molar-refractivity contribution is 9.10. The second-order valence-corrected chi connectivity index (χ2v) is 4.77. The maximum atomic E-state index is 11.3. The first-order valence-corrected chi connectivity index (χ1v) is 6.30. The number of pyridine rings is 1. The number of hydrogen-bond donors (Lipinski definition) is 1. The summed E-state index contributed by atoms with van der Waals surface area (Å²) in [5, 5.41) is 17.4. The van der Waals surface area contributed by atoms with Gasteiger partial charge in [-0.05, 0) is 18.2 Å². The normalized spacial score (nSPS) is 10.8. The largest absolute Gasteiger partial charge is 0.477 e. The fourth-order valence-electron chi connectivity index (χ4n) is 1.93. The van der Waals surface area contributed by atoms with E-state index in [0.717, 1.165) is 10.0 Å². The van der Waals surface area contributed by atoms with E-state index in [1.54, 1.807) is 12.1 Å². The van der Waals surface area contributed by atoms with Crippen LogP contribution in [0.25, 0.3) is 17.0 Å². The molecule has 19 heavy (non-hydrogen) atoms. The SMILES string of the molecule is O=C(O)c1cccc2nnc(-c3ccccc3Br)n12. The van der Waals surface area contributed by atoms with E-state index in [1.165, 1.54) is 10.5 Å². The maximum absolute atomic E-state index is 11.3. The molecule has 6 heteroatoms. The van der Waals surface area contributed by atoms with Gasteiger partial charge in [-0.15, -0.1) is 10.2 Å². The first-order valence-electron chi connectivity index (χ1n) is 5.51. The number of benzene rings is 1. The molecule has 3 rings (SSSR count). The summed E-state index contributed by atoms with van der Waals surface area (Å²) in [4.78, 5) is 11.3. The Morgan fingerprint density at radius 2 is 1.89 bits per heavy atom. The zero-order chi connectivity index (χ0) is 13.4. The predicted molar refractivity (Wildman–Crippen MR) is 73.1 cm³/mol. The topological polar surface area (TPSA) is 67.5 Å². The number of hydrogen-bond acceptors (Lipinski definition) is 3. The first kappa shape index (κ1) is 11.9. The molecule has 2 heterocycles. The number of carboxylic acid groups (broad SMARTS) is 1. The summed E-state index contributed by atoms with van der Waals surface area (Å²) in [6, 6.07) is 12.4. The Bertz CT molecular complexity index is 782. The van der Waals surface area contributed by atoms with Crippen molar-refractivity contribution in [1.29, 1.82) is 0 Å². The van der Waals surface area contributed by atoms with Gasteiger partial charge in [0.05, 0.1) is 0 Å². The van der Waals surface area contributed by atoms with Crippen LogP contribution in [0.4, 0.5) is 0 Å². The molecule has 0 unspecified atom stereocenters. The van der Waals surface area contributed by atoms with Gasteiger partial charge < -0.3 is 5.11 Å². The monoisotopic (exact) mass is 317 g/mol. The van der Waals surface area contributed by atoms with E-state index in [-0.39, 0.29) is 5.69 Å². The lowest BCUT2D eigenvalue weighted by Crippen LogP contribution is -2.06. The van der Waals surface area contributed by atoms with Crippen molar-refractivity contribution in [2.45, 2.75) is 0 Å². The lowest BCUT2D eigenvalue weighted by atomic mass is 10.2. The van der Waals surface area contributed by atoms with Crippen molar-refractivity contribution in [2.75, 3.05) is 0 Å². The number of carbonyl (C=O) groups is 1. The van der Waals surface area contributed by atoms with Gasteiger partial charge in [0.2, 0.25) is 0 Å². The molecular weight excluding hydrogens is 310 g/mol. The minimum Gasteiger partial charge on any atom is -0.477 e. The van der Waals surface area contributed by atoms with Crippen molar-refractivity contribution in [2.24, 2.45) is 0 Å². The predicted octanol–water partition coefficient (Wildman–Crippen LogP) is 2.86. The Morgan fingerprint density at radius 3 is 2.63 bits per heavy atom. The molecule has 1 N–H and O–H groups in total. The Hall–Kier alpha value is -2.21. The van der Waals surface area contributed by atoms with E-state index in [4.69, 9.17) is 0 Å². The Labute approximate surface area is 116 Å². The molecule has 94 valence electrons. The van der Waals surface area contributed by atoms with Crippen LogP contribution < -0.4 is 0 Å². The number of rotatable bonds is 2. The summed E-state index contributed by atoms with van der Waals surface area (Å²) in [6.07, 6.45) is 0. The molecule has 5 nitrogen and oxygen atoms in total. The molecule has 0 radical (unpaired) electrons. The molecule has 0 amide bonds. The summed E-state index contributed by atoms with van der Waals surface area (Å²) in [6.45, 7) is 0. The van der Waals surface area contributed by atoms with Gasteiger partial charge in [0.25, 0.3) is 0 Å². The summed E-state index contributed by atoms with van der Waals surface area (Å²) in [7, 11) is 0. The van der Waals surface area contributed by atoms with E-state index >= 15 is 0 Å². The lowest BCUT2D eigenvalue weighted by molar-refractivity contribution is 0.0689. The number of aromatic nitrogens is 3. The molecular formula is C13H8BrN3O2. The van der Waals surface area contributed by atoms with E-state index in [0.29, 0.717) is 11.5 Å². The Kier molecular flexibility index (Phi) is 2.79. The van der Waals surface area contributed by atoms with E-state index in [9.17, 15) is 9.90 Å². The van der Waals surface area contributed by atoms with Crippen LogP contribution in [0.1, 0.15) is 10.5 Å². The van der Waals surface area contributed by atoms with Crippen molar-refractivity contribution in [3.8, 4) is 11.4 Å². The number of carboxylic acids is 1. The Morgan fingerprint density at radius 1 is 1.11 bits per heavy atom. The molecule has 0 saturated carbocycles. The van der Waals surface area contributed by atoms with Crippen LogP contribution in [0.2, 0.25) is 0 Å². The molecule has 0 aliphatic heterocycles. The van der Waals surface area contributed by atoms with Crippen molar-refractivity contribution in [1.82, 2.24) is 14.6 Å². The average molecular weight is 318 g/mol. The van der Waals surface area contributed by atoms with E-state index in [1.807, 2.05) is 24.3 Å². The highest BCUT2D eigenvalue weighted by Gasteiger charge is 2.16. The molecule has 0 bridgehead atoms. The van der Waals surface area contributed by atoms with Gasteiger partial charge in [-0.1, -0.05) is 40.2 Å². The molecule has 0 aliphatic rings. The van der Waals surface area contributed by atoms with Crippen LogP contribution in [0.15, 0.2) is 46.9 Å². The molecule has 0 fully saturated rings. The van der Waals surface area contributed by atoms with E-state index in [2.05, 4.69) is 26.1 Å². The maximum Gasteiger partial charge on any atom is 0.352 e. The van der Waals surface area contributed by atoms with Gasteiger partial charge in [0.15, 0.2) is 11.5 Å². The van der Waals surface area contributed by atoms with Crippen LogP contribution in [0, 0.1) is 0 Å². The smallest absolute Gasteiger partial charge is 0.352 e. The van der Waals surface area contributed by atoms with Crippen molar-refractivity contribution >= 4 is 27.5 Å². The van der Waals surface area contributed by atoms with Gasteiger partial charge in [-0.3, -0.25) is 4.40 Å².